The number of carboxylic acids is 1. The van der Waals surface area contributed by atoms with Crippen LogP contribution in [0.5, 0.6) is 5.75 Å². The number of esters is 1. The molecule has 0 N–H and O–H groups in total. The largest absolute Gasteiger partial charge is 0.545 e. The van der Waals surface area contributed by atoms with Crippen LogP contribution in [-0.4, -0.2) is 11.9 Å². The molecule has 37 heavy (non-hydrogen) atoms. The van der Waals surface area contributed by atoms with Crippen molar-refractivity contribution in [1.82, 2.24) is 0 Å². The van der Waals surface area contributed by atoms with E-state index in [0.717, 1.165) is 36.7 Å². The molecule has 0 aromatic heterocycles. The number of hydrogen-bond donors (Lipinski definition) is 0. The van der Waals surface area contributed by atoms with E-state index in [1.165, 1.54) is 61.8 Å². The van der Waals surface area contributed by atoms with Crippen LogP contribution in [0.4, 0.5) is 0 Å². The van der Waals surface area contributed by atoms with Gasteiger partial charge in [-0.3, -0.25) is 0 Å². The molecule has 0 heterocycles. The lowest BCUT2D eigenvalue weighted by Gasteiger charge is -2.27. The zero-order valence-corrected chi connectivity index (χ0v) is 22.0. The SMILES string of the molecule is CCCc1ccc(C(=O)Oc2ccc(C(=O)[O-])c(-c3ccc(CCC4CCC(CC)CC4)cc3)c2)cc1. The van der Waals surface area contributed by atoms with Crippen molar-refractivity contribution < 1.29 is 19.4 Å². The van der Waals surface area contributed by atoms with E-state index in [4.69, 9.17) is 4.74 Å². The Labute approximate surface area is 220 Å². The Morgan fingerprint density at radius 3 is 2.05 bits per heavy atom. The number of carboxylic acid groups (broad SMARTS) is 1. The van der Waals surface area contributed by atoms with Gasteiger partial charge in [-0.25, -0.2) is 4.79 Å². The lowest BCUT2D eigenvalue weighted by Crippen LogP contribution is -2.23. The van der Waals surface area contributed by atoms with Crippen molar-refractivity contribution in [2.45, 2.75) is 71.6 Å². The van der Waals surface area contributed by atoms with Gasteiger partial charge < -0.3 is 14.6 Å². The summed E-state index contributed by atoms with van der Waals surface area (Å²) in [7, 11) is 0. The second-order valence-electron chi connectivity index (χ2n) is 10.4. The minimum Gasteiger partial charge on any atom is -0.545 e. The summed E-state index contributed by atoms with van der Waals surface area (Å²) in [6.45, 7) is 4.41. The van der Waals surface area contributed by atoms with Gasteiger partial charge >= 0.3 is 5.97 Å². The van der Waals surface area contributed by atoms with Crippen molar-refractivity contribution in [1.29, 1.82) is 0 Å². The van der Waals surface area contributed by atoms with Gasteiger partial charge in [-0.1, -0.05) is 88.8 Å². The van der Waals surface area contributed by atoms with E-state index in [0.29, 0.717) is 16.9 Å². The molecule has 3 aromatic carbocycles. The number of carbonyl (C=O) groups is 2. The molecule has 0 saturated heterocycles. The van der Waals surface area contributed by atoms with E-state index in [1.807, 2.05) is 24.3 Å². The fourth-order valence-corrected chi connectivity index (χ4v) is 5.42. The fraction of sp³-hybridized carbons (Fsp3) is 0.394. The second-order valence-corrected chi connectivity index (χ2v) is 10.4. The molecule has 194 valence electrons. The first-order chi connectivity index (χ1) is 18.0. The molecular weight excluding hydrogens is 460 g/mol. The number of aryl methyl sites for hydroxylation is 2. The molecule has 4 heteroatoms. The number of benzene rings is 3. The molecule has 0 radical (unpaired) electrons. The van der Waals surface area contributed by atoms with Gasteiger partial charge in [0.15, 0.2) is 0 Å². The average molecular weight is 498 g/mol. The molecule has 1 aliphatic carbocycles. The van der Waals surface area contributed by atoms with Crippen LogP contribution < -0.4 is 9.84 Å². The van der Waals surface area contributed by atoms with E-state index >= 15 is 0 Å². The maximum absolute atomic E-state index is 12.7. The molecule has 0 atom stereocenters. The van der Waals surface area contributed by atoms with Crippen LogP contribution >= 0.6 is 0 Å². The predicted octanol–water partition coefficient (Wildman–Crippen LogP) is 7.04. The molecule has 0 unspecified atom stereocenters. The number of rotatable bonds is 10. The molecule has 0 aliphatic heterocycles. The first kappa shape index (κ1) is 26.7. The first-order valence-electron chi connectivity index (χ1n) is 13.7. The standard InChI is InChI=1S/C33H38O4/c1-3-5-24-14-18-28(19-15-24)33(36)37-29-20-21-30(32(34)35)31(22-29)27-16-12-26(13-17-27)11-10-25-8-6-23(4-2)7-9-25/h12-23,25H,3-11H2,1-2H3,(H,34,35)/p-1. The minimum atomic E-state index is -1.26. The van der Waals surface area contributed by atoms with Gasteiger partial charge in [0.25, 0.3) is 0 Å². The van der Waals surface area contributed by atoms with Crippen molar-refractivity contribution in [3.8, 4) is 16.9 Å². The van der Waals surface area contributed by atoms with Gasteiger partial charge in [-0.15, -0.1) is 0 Å². The molecule has 4 nitrogen and oxygen atoms in total. The highest BCUT2D eigenvalue weighted by Gasteiger charge is 2.19. The van der Waals surface area contributed by atoms with E-state index < -0.39 is 11.9 Å². The van der Waals surface area contributed by atoms with Gasteiger partial charge in [0.2, 0.25) is 0 Å². The van der Waals surface area contributed by atoms with Crippen molar-refractivity contribution in [2.75, 3.05) is 0 Å². The van der Waals surface area contributed by atoms with Crippen LogP contribution in [0.3, 0.4) is 0 Å². The van der Waals surface area contributed by atoms with Gasteiger partial charge in [0, 0.05) is 5.56 Å². The summed E-state index contributed by atoms with van der Waals surface area (Å²) in [5, 5.41) is 11.8. The Morgan fingerprint density at radius 1 is 0.811 bits per heavy atom. The number of ether oxygens (including phenoxy) is 1. The molecular formula is C33H37O4-. The Morgan fingerprint density at radius 2 is 1.43 bits per heavy atom. The normalized spacial score (nSPS) is 17.4. The third-order valence-corrected chi connectivity index (χ3v) is 7.80. The molecule has 1 fully saturated rings. The Bertz CT molecular complexity index is 1190. The van der Waals surface area contributed by atoms with Crippen LogP contribution in [0, 0.1) is 11.8 Å². The topological polar surface area (TPSA) is 66.4 Å². The fourth-order valence-electron chi connectivity index (χ4n) is 5.42. The number of carbonyl (C=O) groups excluding carboxylic acids is 2. The summed E-state index contributed by atoms with van der Waals surface area (Å²) < 4.78 is 5.59. The molecule has 0 spiro atoms. The van der Waals surface area contributed by atoms with E-state index in [9.17, 15) is 14.7 Å². The summed E-state index contributed by atoms with van der Waals surface area (Å²) in [6, 6.07) is 20.0. The minimum absolute atomic E-state index is 0.0733. The van der Waals surface area contributed by atoms with Crippen LogP contribution in [0.15, 0.2) is 66.7 Å². The Kier molecular flexibility index (Phi) is 9.16. The average Bonchev–Trinajstić information content (AvgIpc) is 2.93. The summed E-state index contributed by atoms with van der Waals surface area (Å²) in [6.07, 6.45) is 10.9. The highest BCUT2D eigenvalue weighted by atomic mass is 16.5. The number of hydrogen-bond acceptors (Lipinski definition) is 4. The molecule has 1 saturated carbocycles. The van der Waals surface area contributed by atoms with Crippen molar-refractivity contribution in [3.63, 3.8) is 0 Å². The molecule has 1 aliphatic rings. The zero-order chi connectivity index (χ0) is 26.2. The third-order valence-electron chi connectivity index (χ3n) is 7.80. The van der Waals surface area contributed by atoms with Crippen LogP contribution in [-0.2, 0) is 12.8 Å². The quantitative estimate of drug-likeness (QED) is 0.223. The maximum atomic E-state index is 12.7. The van der Waals surface area contributed by atoms with Gasteiger partial charge in [0.1, 0.15) is 5.75 Å². The summed E-state index contributed by atoms with van der Waals surface area (Å²) >= 11 is 0. The van der Waals surface area contributed by atoms with Crippen LogP contribution in [0.1, 0.15) is 90.6 Å². The van der Waals surface area contributed by atoms with Crippen molar-refractivity contribution >= 4 is 11.9 Å². The number of aromatic carboxylic acids is 1. The molecule has 0 amide bonds. The summed E-state index contributed by atoms with van der Waals surface area (Å²) in [5.74, 6) is 0.287. The lowest BCUT2D eigenvalue weighted by atomic mass is 9.78. The smallest absolute Gasteiger partial charge is 0.343 e. The third kappa shape index (κ3) is 7.09. The molecule has 3 aromatic rings. The monoisotopic (exact) mass is 497 g/mol. The Hall–Kier alpha value is -3.40. The first-order valence-corrected chi connectivity index (χ1v) is 13.7. The Balaban J connectivity index is 1.44. The van der Waals surface area contributed by atoms with E-state index in [2.05, 4.69) is 26.0 Å². The highest BCUT2D eigenvalue weighted by Crippen LogP contribution is 2.34. The molecule has 4 rings (SSSR count). The second kappa shape index (κ2) is 12.7. The van der Waals surface area contributed by atoms with E-state index in [1.54, 1.807) is 18.2 Å². The van der Waals surface area contributed by atoms with Crippen LogP contribution in [0.25, 0.3) is 11.1 Å². The summed E-state index contributed by atoms with van der Waals surface area (Å²) in [4.78, 5) is 24.5. The van der Waals surface area contributed by atoms with Crippen LogP contribution in [0.2, 0.25) is 0 Å². The lowest BCUT2D eigenvalue weighted by molar-refractivity contribution is -0.254. The van der Waals surface area contributed by atoms with Crippen molar-refractivity contribution in [2.24, 2.45) is 11.8 Å². The highest BCUT2D eigenvalue weighted by molar-refractivity contribution is 5.96. The van der Waals surface area contributed by atoms with E-state index in [-0.39, 0.29) is 5.56 Å². The van der Waals surface area contributed by atoms with Crippen molar-refractivity contribution in [3.05, 3.63) is 89.0 Å². The maximum Gasteiger partial charge on any atom is 0.343 e. The van der Waals surface area contributed by atoms with Gasteiger partial charge in [-0.2, -0.15) is 0 Å². The summed E-state index contributed by atoms with van der Waals surface area (Å²) in [5.41, 5.74) is 4.20. The van der Waals surface area contributed by atoms with Gasteiger partial charge in [0.05, 0.1) is 11.5 Å². The molecule has 0 bridgehead atoms. The van der Waals surface area contributed by atoms with Gasteiger partial charge in [-0.05, 0) is 83.7 Å². The predicted molar refractivity (Wildman–Crippen MR) is 146 cm³/mol. The zero-order valence-electron chi connectivity index (χ0n) is 22.0.